The second-order valence-corrected chi connectivity index (χ2v) is 7.37. The van der Waals surface area contributed by atoms with Crippen LogP contribution in [0.2, 0.25) is 0 Å². The van der Waals surface area contributed by atoms with Crippen LogP contribution in [-0.4, -0.2) is 78.8 Å². The van der Waals surface area contributed by atoms with Crippen molar-refractivity contribution >= 4 is 5.97 Å². The molecule has 0 aliphatic carbocycles. The summed E-state index contributed by atoms with van der Waals surface area (Å²) < 4.78 is 283. The Labute approximate surface area is 205 Å². The molecule has 0 aliphatic rings. The van der Waals surface area contributed by atoms with Gasteiger partial charge in [0.1, 0.15) is 6.61 Å². The van der Waals surface area contributed by atoms with E-state index in [-0.39, 0.29) is 0 Å². The molecule has 3 nitrogen and oxygen atoms in total. The molecule has 0 aromatic rings. The monoisotopic (exact) mass is 648 g/mol. The van der Waals surface area contributed by atoms with Crippen molar-refractivity contribution in [2.45, 2.75) is 66.6 Å². The molecule has 24 heteroatoms. The van der Waals surface area contributed by atoms with Crippen LogP contribution in [-0.2, 0) is 14.3 Å². The van der Waals surface area contributed by atoms with Crippen molar-refractivity contribution in [3.63, 3.8) is 0 Å². The number of alkyl halides is 21. The molecule has 0 spiro atoms. The van der Waals surface area contributed by atoms with E-state index >= 15 is 0 Å². The topological polar surface area (TPSA) is 35.5 Å². The molecule has 0 unspecified atom stereocenters. The lowest BCUT2D eigenvalue weighted by molar-refractivity contribution is -0.484. The van der Waals surface area contributed by atoms with Crippen LogP contribution in [0.25, 0.3) is 0 Å². The molecule has 40 heavy (non-hydrogen) atoms. The average molecular weight is 648 g/mol. The van der Waals surface area contributed by atoms with Gasteiger partial charge >= 0.3 is 65.6 Å². The van der Waals surface area contributed by atoms with Gasteiger partial charge in [-0.25, -0.2) is 4.79 Å². The van der Waals surface area contributed by atoms with Gasteiger partial charge in [0.2, 0.25) is 0 Å². The highest BCUT2D eigenvalue weighted by Gasteiger charge is 2.98. The Morgan fingerprint density at radius 2 is 0.775 bits per heavy atom. The summed E-state index contributed by atoms with van der Waals surface area (Å²) in [4.78, 5) is 10.9. The van der Waals surface area contributed by atoms with E-state index in [0.717, 1.165) is 6.92 Å². The van der Waals surface area contributed by atoms with E-state index in [1.807, 2.05) is 0 Å². The van der Waals surface area contributed by atoms with Gasteiger partial charge in [0.25, 0.3) is 0 Å². The van der Waals surface area contributed by atoms with Gasteiger partial charge in [-0.2, -0.15) is 92.2 Å². The molecule has 0 aliphatic heterocycles. The molecule has 238 valence electrons. The van der Waals surface area contributed by atoms with Crippen molar-refractivity contribution in [3.8, 4) is 0 Å². The number of ether oxygens (including phenoxy) is 2. The summed E-state index contributed by atoms with van der Waals surface area (Å²) in [6, 6.07) is 0. The number of hydrogen-bond donors (Lipinski definition) is 0. The maximum atomic E-state index is 13.6. The summed E-state index contributed by atoms with van der Waals surface area (Å²) >= 11 is 0. The van der Waals surface area contributed by atoms with Crippen molar-refractivity contribution in [2.75, 3.05) is 13.2 Å². The van der Waals surface area contributed by atoms with Gasteiger partial charge in [0, 0.05) is 5.57 Å². The molecule has 0 bridgehead atoms. The van der Waals surface area contributed by atoms with Crippen LogP contribution in [0.5, 0.6) is 0 Å². The predicted molar refractivity (Wildman–Crippen MR) is 82.3 cm³/mol. The van der Waals surface area contributed by atoms with E-state index < -0.39 is 84.4 Å². The first-order valence-electron chi connectivity index (χ1n) is 9.01. The van der Waals surface area contributed by atoms with Gasteiger partial charge in [-0.3, -0.25) is 0 Å². The van der Waals surface area contributed by atoms with Gasteiger partial charge in [-0.1, -0.05) is 6.58 Å². The van der Waals surface area contributed by atoms with Crippen molar-refractivity contribution in [1.82, 2.24) is 0 Å². The lowest BCUT2D eigenvalue weighted by atomic mass is 9.87. The van der Waals surface area contributed by atoms with Crippen molar-refractivity contribution in [1.29, 1.82) is 0 Å². The minimum absolute atomic E-state index is 0.526. The maximum absolute atomic E-state index is 13.6. The van der Waals surface area contributed by atoms with Crippen LogP contribution in [0.1, 0.15) is 6.92 Å². The second-order valence-electron chi connectivity index (χ2n) is 7.37. The first-order valence-corrected chi connectivity index (χ1v) is 9.01. The molecular weight excluding hydrogens is 639 g/mol. The molecule has 0 rings (SSSR count). The normalized spacial score (nSPS) is 15.8. The van der Waals surface area contributed by atoms with E-state index in [1.54, 1.807) is 0 Å². The number of carbonyl (C=O) groups excluding carboxylic acids is 1. The third-order valence-corrected chi connectivity index (χ3v) is 4.43. The zero-order valence-corrected chi connectivity index (χ0v) is 18.3. The number of halogens is 21. The van der Waals surface area contributed by atoms with Gasteiger partial charge in [0.05, 0.1) is 6.61 Å². The smallest absolute Gasteiger partial charge is 0.460 e. The van der Waals surface area contributed by atoms with Crippen LogP contribution in [0.3, 0.4) is 0 Å². The quantitative estimate of drug-likeness (QED) is 0.0907. The summed E-state index contributed by atoms with van der Waals surface area (Å²) in [5.74, 6) is -72.6. The molecule has 0 N–H and O–H groups in total. The summed E-state index contributed by atoms with van der Waals surface area (Å²) in [6.07, 6.45) is -15.3. The minimum Gasteiger partial charge on any atom is -0.460 e. The lowest BCUT2D eigenvalue weighted by Gasteiger charge is -2.44. The summed E-state index contributed by atoms with van der Waals surface area (Å²) in [6.45, 7) is -0.0696. The zero-order chi connectivity index (χ0) is 33.0. The Kier molecular flexibility index (Phi) is 9.62. The Bertz CT molecular complexity index is 948. The third-order valence-electron chi connectivity index (χ3n) is 4.43. The highest BCUT2D eigenvalue weighted by Crippen LogP contribution is 2.66. The average Bonchev–Trinajstić information content (AvgIpc) is 2.74. The van der Waals surface area contributed by atoms with Crippen molar-refractivity contribution in [3.05, 3.63) is 12.2 Å². The van der Waals surface area contributed by atoms with Gasteiger partial charge in [0.15, 0.2) is 0 Å². The highest BCUT2D eigenvalue weighted by atomic mass is 19.4. The highest BCUT2D eigenvalue weighted by molar-refractivity contribution is 5.86. The maximum Gasteiger partial charge on any atom is 0.460 e. The molecule has 0 saturated carbocycles. The molecule has 0 aromatic carbocycles. The minimum atomic E-state index is -9.24. The molecular formula is C16H9F21O3. The fourth-order valence-corrected chi connectivity index (χ4v) is 2.06. The summed E-state index contributed by atoms with van der Waals surface area (Å²) in [5, 5.41) is 0. The second kappa shape index (κ2) is 10.2. The Morgan fingerprint density at radius 3 is 1.05 bits per heavy atom. The largest absolute Gasteiger partial charge is 0.460 e. The molecule has 0 heterocycles. The standard InChI is InChI=1S/C16H9F21O3/c1-5(2)6(38)39-3-4-40-16(36,37)14(31,32)12(27,28)10(23,24)8(19,20)7(17,18)9(21,22)11(25,26)13(29,30)15(33,34)35/h1,3-4H2,2H3. The fraction of sp³-hybridized carbons (Fsp3) is 0.812. The number of carbonyl (C=O) groups is 1. The fourth-order valence-electron chi connectivity index (χ4n) is 2.06. The number of hydrogen-bond acceptors (Lipinski definition) is 3. The van der Waals surface area contributed by atoms with Crippen LogP contribution >= 0.6 is 0 Å². The van der Waals surface area contributed by atoms with Crippen LogP contribution in [0, 0.1) is 0 Å². The summed E-state index contributed by atoms with van der Waals surface area (Å²) in [5.41, 5.74) is -0.526. The Hall–Kier alpha value is -2.30. The van der Waals surface area contributed by atoms with E-state index in [9.17, 15) is 97.0 Å². The van der Waals surface area contributed by atoms with E-state index in [2.05, 4.69) is 16.1 Å². The summed E-state index contributed by atoms with van der Waals surface area (Å²) in [7, 11) is 0. The van der Waals surface area contributed by atoms with Gasteiger partial charge in [-0.05, 0) is 6.92 Å². The first kappa shape index (κ1) is 37.7. The van der Waals surface area contributed by atoms with Crippen LogP contribution in [0.4, 0.5) is 92.2 Å². The van der Waals surface area contributed by atoms with Gasteiger partial charge < -0.3 is 9.47 Å². The molecule has 0 radical (unpaired) electrons. The van der Waals surface area contributed by atoms with E-state index in [1.165, 1.54) is 0 Å². The zero-order valence-electron chi connectivity index (χ0n) is 18.3. The molecule has 0 fully saturated rings. The number of rotatable bonds is 13. The Morgan fingerprint density at radius 1 is 0.500 bits per heavy atom. The molecule has 0 amide bonds. The van der Waals surface area contributed by atoms with E-state index in [4.69, 9.17) is 0 Å². The number of esters is 1. The predicted octanol–water partition coefficient (Wildman–Crippen LogP) is 7.36. The van der Waals surface area contributed by atoms with Crippen LogP contribution < -0.4 is 0 Å². The third kappa shape index (κ3) is 5.23. The Balaban J connectivity index is 6.64. The first-order chi connectivity index (χ1) is 17.1. The van der Waals surface area contributed by atoms with Crippen molar-refractivity contribution in [2.24, 2.45) is 0 Å². The SMILES string of the molecule is C=C(C)C(=O)OCCOC(F)(F)C(F)(F)C(F)(F)C(F)(F)C(F)(F)C(F)(F)C(F)(F)C(F)(F)C(F)(F)C(F)(F)F. The molecule has 0 atom stereocenters. The van der Waals surface area contributed by atoms with E-state index in [0.29, 0.717) is 0 Å². The van der Waals surface area contributed by atoms with Gasteiger partial charge in [-0.15, -0.1) is 0 Å². The lowest BCUT2D eigenvalue weighted by Crippen LogP contribution is -2.77. The van der Waals surface area contributed by atoms with Crippen molar-refractivity contribution < 1.29 is 106 Å². The van der Waals surface area contributed by atoms with Crippen LogP contribution in [0.15, 0.2) is 12.2 Å². The molecule has 0 aromatic heterocycles. The molecule has 0 saturated heterocycles.